The van der Waals surface area contributed by atoms with Crippen LogP contribution in [0.1, 0.15) is 0 Å². The third kappa shape index (κ3) is 5.21. The molecule has 0 saturated carbocycles. The lowest BCUT2D eigenvalue weighted by Gasteiger charge is -2.13. The number of anilines is 2. The minimum absolute atomic E-state index is 0.0602. The summed E-state index contributed by atoms with van der Waals surface area (Å²) in [6, 6.07) is 23.4. The molecule has 0 aliphatic rings. The van der Waals surface area contributed by atoms with Crippen LogP contribution in [0.3, 0.4) is 0 Å². The number of nitrogens with one attached hydrogen (secondary N) is 2. The molecule has 0 spiro atoms. The minimum Gasteiger partial charge on any atom is -0.506 e. The number of para-hydroxylation sites is 2. The summed E-state index contributed by atoms with van der Waals surface area (Å²) in [5, 5.41) is 14.6. The van der Waals surface area contributed by atoms with Crippen molar-refractivity contribution >= 4 is 38.1 Å². The maximum absolute atomic E-state index is 12.9. The Morgan fingerprint density at radius 2 is 1.62 bits per heavy atom. The second kappa shape index (κ2) is 9.72. The first kappa shape index (κ1) is 22.9. The Morgan fingerprint density at radius 1 is 0.882 bits per heavy atom. The molecular formula is C25H22N2O6S. The number of phenolic OH excluding ortho intramolecular Hbond substituents is 1. The van der Waals surface area contributed by atoms with E-state index in [0.29, 0.717) is 11.5 Å². The summed E-state index contributed by atoms with van der Waals surface area (Å²) in [6.45, 7) is -0.325. The molecule has 0 aliphatic carbocycles. The SMILES string of the molecule is COc1ccccc1NS(=O)(=O)c1ccc(O)c(NC(=O)COc2ccc3ccccc3c2)c1. The van der Waals surface area contributed by atoms with Gasteiger partial charge < -0.3 is 19.9 Å². The molecule has 1 amide bonds. The molecule has 0 atom stereocenters. The average Bonchev–Trinajstić information content (AvgIpc) is 2.84. The zero-order valence-electron chi connectivity index (χ0n) is 18.2. The monoisotopic (exact) mass is 478 g/mol. The lowest BCUT2D eigenvalue weighted by atomic mass is 10.1. The highest BCUT2D eigenvalue weighted by molar-refractivity contribution is 7.92. The maximum Gasteiger partial charge on any atom is 0.262 e. The number of hydrogen-bond donors (Lipinski definition) is 3. The Bertz CT molecular complexity index is 1450. The van der Waals surface area contributed by atoms with Crippen molar-refractivity contribution < 1.29 is 27.8 Å². The third-order valence-electron chi connectivity index (χ3n) is 4.99. The van der Waals surface area contributed by atoms with Gasteiger partial charge in [-0.05, 0) is 53.2 Å². The van der Waals surface area contributed by atoms with Crippen LogP contribution in [0.15, 0.2) is 89.8 Å². The van der Waals surface area contributed by atoms with Gasteiger partial charge in [0.2, 0.25) is 0 Å². The quantitative estimate of drug-likeness (QED) is 0.324. The molecule has 0 aliphatic heterocycles. The van der Waals surface area contributed by atoms with E-state index in [0.717, 1.165) is 10.8 Å². The fourth-order valence-corrected chi connectivity index (χ4v) is 4.40. The van der Waals surface area contributed by atoms with Crippen LogP contribution >= 0.6 is 0 Å². The molecule has 3 N–H and O–H groups in total. The van der Waals surface area contributed by atoms with Gasteiger partial charge in [0.15, 0.2) is 6.61 Å². The fraction of sp³-hybridized carbons (Fsp3) is 0.0800. The minimum atomic E-state index is -4.02. The number of phenols is 1. The summed E-state index contributed by atoms with van der Waals surface area (Å²) in [4.78, 5) is 12.3. The van der Waals surface area contributed by atoms with Crippen molar-refractivity contribution in [1.82, 2.24) is 0 Å². The lowest BCUT2D eigenvalue weighted by Crippen LogP contribution is -2.20. The van der Waals surface area contributed by atoms with Crippen molar-refractivity contribution in [3.8, 4) is 17.2 Å². The van der Waals surface area contributed by atoms with E-state index in [9.17, 15) is 18.3 Å². The molecule has 0 radical (unpaired) electrons. The van der Waals surface area contributed by atoms with Gasteiger partial charge in [-0.1, -0.05) is 42.5 Å². The van der Waals surface area contributed by atoms with Gasteiger partial charge in [-0.2, -0.15) is 0 Å². The maximum atomic E-state index is 12.9. The van der Waals surface area contributed by atoms with Crippen LogP contribution in [0.4, 0.5) is 11.4 Å². The zero-order chi connectivity index (χ0) is 24.1. The molecule has 4 rings (SSSR count). The molecule has 34 heavy (non-hydrogen) atoms. The molecule has 0 bridgehead atoms. The van der Waals surface area contributed by atoms with E-state index >= 15 is 0 Å². The molecule has 0 unspecified atom stereocenters. The van der Waals surface area contributed by atoms with Crippen molar-refractivity contribution in [3.63, 3.8) is 0 Å². The standard InChI is InChI=1S/C25H22N2O6S/c1-32-24-9-5-4-8-21(24)27-34(30,31)20-12-13-23(28)22(15-20)26-25(29)16-33-19-11-10-17-6-2-3-7-18(17)14-19/h2-15,27-28H,16H2,1H3,(H,26,29). The Labute approximate surface area is 196 Å². The number of fused-ring (bicyclic) bond motifs is 1. The van der Waals surface area contributed by atoms with E-state index in [1.54, 1.807) is 30.3 Å². The summed E-state index contributed by atoms with van der Waals surface area (Å²) >= 11 is 0. The van der Waals surface area contributed by atoms with Gasteiger partial charge in [-0.15, -0.1) is 0 Å². The smallest absolute Gasteiger partial charge is 0.262 e. The highest BCUT2D eigenvalue weighted by Crippen LogP contribution is 2.30. The summed E-state index contributed by atoms with van der Waals surface area (Å²) in [6.07, 6.45) is 0. The Hall–Kier alpha value is -4.24. The van der Waals surface area contributed by atoms with Crippen LogP contribution < -0.4 is 19.5 Å². The van der Waals surface area contributed by atoms with Gasteiger partial charge in [0.25, 0.3) is 15.9 Å². The molecule has 0 aromatic heterocycles. The van der Waals surface area contributed by atoms with E-state index in [4.69, 9.17) is 9.47 Å². The number of amides is 1. The second-order valence-corrected chi connectivity index (χ2v) is 9.01. The van der Waals surface area contributed by atoms with Crippen LogP contribution in [-0.4, -0.2) is 33.1 Å². The van der Waals surface area contributed by atoms with Gasteiger partial charge in [0.05, 0.1) is 23.4 Å². The lowest BCUT2D eigenvalue weighted by molar-refractivity contribution is -0.118. The number of carbonyl (C=O) groups excluding carboxylic acids is 1. The normalized spacial score (nSPS) is 11.1. The van der Waals surface area contributed by atoms with Crippen LogP contribution in [0.2, 0.25) is 0 Å². The van der Waals surface area contributed by atoms with Gasteiger partial charge in [-0.25, -0.2) is 8.42 Å². The number of ether oxygens (including phenoxy) is 2. The van der Waals surface area contributed by atoms with Crippen molar-refractivity contribution in [2.45, 2.75) is 4.90 Å². The molecule has 9 heteroatoms. The predicted octanol–water partition coefficient (Wildman–Crippen LogP) is 4.37. The van der Waals surface area contributed by atoms with Crippen molar-refractivity contribution in [2.24, 2.45) is 0 Å². The Morgan fingerprint density at radius 3 is 2.41 bits per heavy atom. The number of carbonyl (C=O) groups is 1. The topological polar surface area (TPSA) is 114 Å². The highest BCUT2D eigenvalue weighted by Gasteiger charge is 2.19. The number of aromatic hydroxyl groups is 1. The number of methoxy groups -OCH3 is 1. The van der Waals surface area contributed by atoms with Gasteiger partial charge in [-0.3, -0.25) is 9.52 Å². The van der Waals surface area contributed by atoms with E-state index in [1.165, 1.54) is 25.3 Å². The Balaban J connectivity index is 1.46. The van der Waals surface area contributed by atoms with Gasteiger partial charge in [0.1, 0.15) is 17.2 Å². The zero-order valence-corrected chi connectivity index (χ0v) is 19.0. The first-order chi connectivity index (χ1) is 16.4. The second-order valence-electron chi connectivity index (χ2n) is 7.33. The average molecular weight is 479 g/mol. The first-order valence-corrected chi connectivity index (χ1v) is 11.7. The van der Waals surface area contributed by atoms with E-state index in [2.05, 4.69) is 10.0 Å². The van der Waals surface area contributed by atoms with Crippen molar-refractivity contribution in [2.75, 3.05) is 23.8 Å². The first-order valence-electron chi connectivity index (χ1n) is 10.3. The molecule has 174 valence electrons. The van der Waals surface area contributed by atoms with Crippen LogP contribution in [0.5, 0.6) is 17.2 Å². The van der Waals surface area contributed by atoms with Crippen LogP contribution in [0, 0.1) is 0 Å². The van der Waals surface area contributed by atoms with Gasteiger partial charge in [0, 0.05) is 0 Å². The molecule has 8 nitrogen and oxygen atoms in total. The highest BCUT2D eigenvalue weighted by atomic mass is 32.2. The van der Waals surface area contributed by atoms with Crippen LogP contribution in [0.25, 0.3) is 10.8 Å². The molecule has 0 saturated heterocycles. The summed E-state index contributed by atoms with van der Waals surface area (Å²) < 4.78 is 38.9. The van der Waals surface area contributed by atoms with Crippen molar-refractivity contribution in [3.05, 3.63) is 84.9 Å². The number of benzene rings is 4. The molecule has 4 aromatic carbocycles. The summed E-state index contributed by atoms with van der Waals surface area (Å²) in [5.41, 5.74) is 0.197. The van der Waals surface area contributed by atoms with Crippen LogP contribution in [-0.2, 0) is 14.8 Å². The third-order valence-corrected chi connectivity index (χ3v) is 6.36. The van der Waals surface area contributed by atoms with E-state index in [1.807, 2.05) is 36.4 Å². The molecule has 0 heterocycles. The Kier molecular flexibility index (Phi) is 6.55. The predicted molar refractivity (Wildman–Crippen MR) is 130 cm³/mol. The van der Waals surface area contributed by atoms with E-state index in [-0.39, 0.29) is 28.6 Å². The van der Waals surface area contributed by atoms with Crippen molar-refractivity contribution in [1.29, 1.82) is 0 Å². The fourth-order valence-electron chi connectivity index (χ4n) is 3.31. The largest absolute Gasteiger partial charge is 0.506 e. The molecule has 0 fully saturated rings. The summed E-state index contributed by atoms with van der Waals surface area (Å²) in [7, 11) is -2.59. The summed E-state index contributed by atoms with van der Waals surface area (Å²) in [5.74, 6) is 0.0191. The number of sulfonamides is 1. The number of hydrogen-bond acceptors (Lipinski definition) is 6. The molecule has 4 aromatic rings. The molecular weight excluding hydrogens is 456 g/mol. The van der Waals surface area contributed by atoms with E-state index < -0.39 is 15.9 Å². The van der Waals surface area contributed by atoms with Gasteiger partial charge >= 0.3 is 0 Å². The number of rotatable bonds is 8.